The van der Waals surface area contributed by atoms with Gasteiger partial charge in [0, 0.05) is 22.0 Å². The van der Waals surface area contributed by atoms with Gasteiger partial charge in [0.25, 0.3) is 5.91 Å². The Balaban J connectivity index is 1.44. The maximum atomic E-state index is 13.0. The van der Waals surface area contributed by atoms with Gasteiger partial charge in [-0.1, -0.05) is 54.2 Å². The van der Waals surface area contributed by atoms with Crippen LogP contribution < -0.4 is 15.5 Å². The number of fused-ring (bicyclic) bond motifs is 2. The number of amides is 3. The van der Waals surface area contributed by atoms with Crippen molar-refractivity contribution in [3.05, 3.63) is 83.9 Å². The zero-order valence-electron chi connectivity index (χ0n) is 17.6. The van der Waals surface area contributed by atoms with Crippen molar-refractivity contribution in [3.63, 3.8) is 0 Å². The summed E-state index contributed by atoms with van der Waals surface area (Å²) in [5, 5.41) is 5.48. The van der Waals surface area contributed by atoms with Crippen LogP contribution in [0.4, 0.5) is 11.4 Å². The van der Waals surface area contributed by atoms with Crippen LogP contribution in [0.1, 0.15) is 22.8 Å². The van der Waals surface area contributed by atoms with E-state index in [9.17, 15) is 14.4 Å². The Morgan fingerprint density at radius 2 is 1.66 bits per heavy atom. The molecular weight excluding hydrogens is 422 g/mol. The van der Waals surface area contributed by atoms with Crippen LogP contribution >= 0.6 is 11.8 Å². The summed E-state index contributed by atoms with van der Waals surface area (Å²) in [6.07, 6.45) is 0.226. The van der Waals surface area contributed by atoms with Crippen LogP contribution in [0.5, 0.6) is 0 Å². The minimum Gasteiger partial charge on any atom is -0.347 e. The number of benzene rings is 3. The van der Waals surface area contributed by atoms with E-state index in [1.54, 1.807) is 11.0 Å². The van der Waals surface area contributed by atoms with E-state index in [-0.39, 0.29) is 30.7 Å². The molecule has 162 valence electrons. The van der Waals surface area contributed by atoms with Crippen molar-refractivity contribution in [3.8, 4) is 0 Å². The van der Waals surface area contributed by atoms with Crippen molar-refractivity contribution in [1.29, 1.82) is 0 Å². The third-order valence-electron chi connectivity index (χ3n) is 5.09. The fraction of sp³-hybridized carbons (Fsp3) is 0.160. The van der Waals surface area contributed by atoms with E-state index in [0.29, 0.717) is 17.8 Å². The number of nitrogens with one attached hydrogen (secondary N) is 2. The monoisotopic (exact) mass is 445 g/mol. The molecule has 6 nitrogen and oxygen atoms in total. The van der Waals surface area contributed by atoms with Gasteiger partial charge in [0.2, 0.25) is 11.8 Å². The Bertz CT molecular complexity index is 1160. The van der Waals surface area contributed by atoms with Crippen LogP contribution in [0.3, 0.4) is 0 Å². The van der Waals surface area contributed by atoms with Crippen LogP contribution in [-0.2, 0) is 16.0 Å². The lowest BCUT2D eigenvalue weighted by molar-refractivity contribution is -0.123. The minimum absolute atomic E-state index is 0.0349. The summed E-state index contributed by atoms with van der Waals surface area (Å²) in [4.78, 5) is 40.9. The molecule has 3 aromatic carbocycles. The van der Waals surface area contributed by atoms with Gasteiger partial charge < -0.3 is 15.5 Å². The molecule has 3 aromatic rings. The Hall–Kier alpha value is -3.58. The number of carbonyl (C=O) groups is 3. The molecule has 1 heterocycles. The summed E-state index contributed by atoms with van der Waals surface area (Å²) in [5.41, 5.74) is 2.99. The van der Waals surface area contributed by atoms with E-state index < -0.39 is 0 Å². The standard InChI is InChI=1S/C25H23N3O3S/c1-2-28-20-13-12-18(15-22(20)32-21-11-7-6-10-19(21)25(28)31)27-24(30)16-26-23(29)14-17-8-4-3-5-9-17/h3-13,15H,2,14,16H2,1H3,(H,26,29)(H,27,30). The summed E-state index contributed by atoms with van der Waals surface area (Å²) in [7, 11) is 0. The molecule has 0 radical (unpaired) electrons. The zero-order chi connectivity index (χ0) is 22.5. The van der Waals surface area contributed by atoms with Crippen LogP contribution in [-0.4, -0.2) is 30.8 Å². The zero-order valence-corrected chi connectivity index (χ0v) is 18.4. The van der Waals surface area contributed by atoms with Gasteiger partial charge >= 0.3 is 0 Å². The quantitative estimate of drug-likeness (QED) is 0.598. The van der Waals surface area contributed by atoms with Crippen molar-refractivity contribution >= 4 is 40.9 Å². The van der Waals surface area contributed by atoms with Gasteiger partial charge in [-0.05, 0) is 42.8 Å². The molecule has 0 aliphatic carbocycles. The number of nitrogens with zero attached hydrogens (tertiary/aromatic N) is 1. The molecule has 0 aromatic heterocycles. The van der Waals surface area contributed by atoms with E-state index >= 15 is 0 Å². The molecule has 0 saturated heterocycles. The van der Waals surface area contributed by atoms with Gasteiger partial charge in [-0.3, -0.25) is 14.4 Å². The molecule has 1 aliphatic heterocycles. The second-order valence-corrected chi connectivity index (χ2v) is 8.40. The summed E-state index contributed by atoms with van der Waals surface area (Å²) >= 11 is 1.50. The SMILES string of the molecule is CCN1C(=O)c2ccccc2Sc2cc(NC(=O)CNC(=O)Cc3ccccc3)ccc21. The van der Waals surface area contributed by atoms with E-state index in [0.717, 1.165) is 21.0 Å². The molecule has 3 amide bonds. The Morgan fingerprint density at radius 3 is 2.44 bits per heavy atom. The molecule has 4 rings (SSSR count). The number of anilines is 2. The first-order valence-corrected chi connectivity index (χ1v) is 11.2. The van der Waals surface area contributed by atoms with Crippen LogP contribution in [0.2, 0.25) is 0 Å². The van der Waals surface area contributed by atoms with Gasteiger partial charge in [-0.2, -0.15) is 0 Å². The normalized spacial score (nSPS) is 12.4. The highest BCUT2D eigenvalue weighted by atomic mass is 32.2. The van der Waals surface area contributed by atoms with Crippen molar-refractivity contribution in [2.24, 2.45) is 0 Å². The molecule has 1 aliphatic rings. The van der Waals surface area contributed by atoms with Crippen molar-refractivity contribution in [1.82, 2.24) is 5.32 Å². The Labute approximate surface area is 191 Å². The Morgan fingerprint density at radius 1 is 0.906 bits per heavy atom. The average Bonchev–Trinajstić information content (AvgIpc) is 2.92. The number of carbonyl (C=O) groups excluding carboxylic acids is 3. The largest absolute Gasteiger partial charge is 0.347 e. The first-order valence-electron chi connectivity index (χ1n) is 10.4. The van der Waals surface area contributed by atoms with Crippen LogP contribution in [0.15, 0.2) is 82.6 Å². The van der Waals surface area contributed by atoms with Crippen LogP contribution in [0.25, 0.3) is 0 Å². The molecule has 2 N–H and O–H groups in total. The summed E-state index contributed by atoms with van der Waals surface area (Å²) < 4.78 is 0. The number of hydrogen-bond acceptors (Lipinski definition) is 4. The number of rotatable bonds is 6. The van der Waals surface area contributed by atoms with Gasteiger partial charge in [-0.25, -0.2) is 0 Å². The molecule has 0 unspecified atom stereocenters. The highest BCUT2D eigenvalue weighted by Gasteiger charge is 2.26. The topological polar surface area (TPSA) is 78.5 Å². The summed E-state index contributed by atoms with van der Waals surface area (Å²) in [6, 6.07) is 22.4. The third kappa shape index (κ3) is 4.84. The first-order chi connectivity index (χ1) is 15.5. The van der Waals surface area contributed by atoms with Gasteiger partial charge in [-0.15, -0.1) is 0 Å². The van der Waals surface area contributed by atoms with E-state index in [1.807, 2.05) is 73.7 Å². The molecule has 0 fully saturated rings. The highest BCUT2D eigenvalue weighted by molar-refractivity contribution is 7.99. The first kappa shape index (κ1) is 21.6. The fourth-order valence-corrected chi connectivity index (χ4v) is 4.66. The lowest BCUT2D eigenvalue weighted by Gasteiger charge is -2.21. The van der Waals surface area contributed by atoms with Gasteiger partial charge in [0.05, 0.1) is 24.2 Å². The van der Waals surface area contributed by atoms with E-state index in [1.165, 1.54) is 11.8 Å². The molecule has 32 heavy (non-hydrogen) atoms. The lowest BCUT2D eigenvalue weighted by Crippen LogP contribution is -2.33. The summed E-state index contributed by atoms with van der Waals surface area (Å²) in [6.45, 7) is 2.37. The second kappa shape index (κ2) is 9.70. The fourth-order valence-electron chi connectivity index (χ4n) is 3.54. The molecule has 0 atom stereocenters. The number of hydrogen-bond donors (Lipinski definition) is 2. The van der Waals surface area contributed by atoms with E-state index in [4.69, 9.17) is 0 Å². The Kier molecular flexibility index (Phi) is 6.56. The van der Waals surface area contributed by atoms with Crippen molar-refractivity contribution < 1.29 is 14.4 Å². The predicted molar refractivity (Wildman–Crippen MR) is 126 cm³/mol. The van der Waals surface area contributed by atoms with E-state index in [2.05, 4.69) is 10.6 Å². The molecule has 0 spiro atoms. The van der Waals surface area contributed by atoms with Gasteiger partial charge in [0.1, 0.15) is 0 Å². The molecule has 0 saturated carbocycles. The lowest BCUT2D eigenvalue weighted by atomic mass is 10.1. The predicted octanol–water partition coefficient (Wildman–Crippen LogP) is 4.12. The maximum absolute atomic E-state index is 13.0. The molecule has 7 heteroatoms. The second-order valence-electron chi connectivity index (χ2n) is 7.32. The average molecular weight is 446 g/mol. The van der Waals surface area contributed by atoms with Crippen LogP contribution in [0, 0.1) is 0 Å². The maximum Gasteiger partial charge on any atom is 0.259 e. The van der Waals surface area contributed by atoms with Crippen molar-refractivity contribution in [2.45, 2.75) is 23.1 Å². The van der Waals surface area contributed by atoms with Crippen molar-refractivity contribution in [2.75, 3.05) is 23.3 Å². The molecule has 0 bridgehead atoms. The third-order valence-corrected chi connectivity index (χ3v) is 6.21. The highest BCUT2D eigenvalue weighted by Crippen LogP contribution is 2.42. The smallest absolute Gasteiger partial charge is 0.259 e. The summed E-state index contributed by atoms with van der Waals surface area (Å²) in [5.74, 6) is -0.557. The molecular formula is C25H23N3O3S. The minimum atomic E-state index is -0.311. The van der Waals surface area contributed by atoms with Gasteiger partial charge in [0.15, 0.2) is 0 Å².